The Balaban J connectivity index is 2.13. The zero-order valence-corrected chi connectivity index (χ0v) is 12.0. The van der Waals surface area contributed by atoms with Gasteiger partial charge in [-0.2, -0.15) is 0 Å². The van der Waals surface area contributed by atoms with Gasteiger partial charge in [0.1, 0.15) is 11.4 Å². The maximum atomic E-state index is 11.9. The van der Waals surface area contributed by atoms with E-state index in [1.54, 1.807) is 25.3 Å². The van der Waals surface area contributed by atoms with Gasteiger partial charge in [-0.3, -0.25) is 0 Å². The summed E-state index contributed by atoms with van der Waals surface area (Å²) in [6.45, 7) is 2.83. The summed E-state index contributed by atoms with van der Waals surface area (Å²) >= 11 is 0. The van der Waals surface area contributed by atoms with Crippen molar-refractivity contribution in [3.05, 3.63) is 23.9 Å². The lowest BCUT2D eigenvalue weighted by atomic mass is 9.84. The minimum Gasteiger partial charge on any atom is -0.462 e. The molecule has 1 heterocycles. The summed E-state index contributed by atoms with van der Waals surface area (Å²) in [4.78, 5) is 16.2. The Morgan fingerprint density at radius 3 is 3.05 bits per heavy atom. The largest absolute Gasteiger partial charge is 0.462 e. The zero-order valence-electron chi connectivity index (χ0n) is 12.0. The Kier molecular flexibility index (Phi) is 5.35. The molecule has 5 heteroatoms. The van der Waals surface area contributed by atoms with Gasteiger partial charge in [-0.05, 0) is 44.4 Å². The minimum atomic E-state index is -0.330. The summed E-state index contributed by atoms with van der Waals surface area (Å²) in [5.41, 5.74) is 6.34. The van der Waals surface area contributed by atoms with E-state index in [1.165, 1.54) is 12.8 Å². The van der Waals surface area contributed by atoms with Crippen LogP contribution in [0.15, 0.2) is 18.3 Å². The molecule has 1 aromatic heterocycles. The number of nitrogens with one attached hydrogen (secondary N) is 1. The van der Waals surface area contributed by atoms with E-state index in [0.717, 1.165) is 12.8 Å². The fraction of sp³-hybridized carbons (Fsp3) is 0.600. The number of carbonyl (C=O) groups excluding carboxylic acids is 1. The third kappa shape index (κ3) is 3.48. The average Bonchev–Trinajstić information content (AvgIpc) is 2.48. The van der Waals surface area contributed by atoms with Crippen LogP contribution in [0.25, 0.3) is 0 Å². The molecular weight excluding hydrogens is 254 g/mol. The number of pyridine rings is 1. The minimum absolute atomic E-state index is 0.289. The highest BCUT2D eigenvalue weighted by Gasteiger charge is 2.25. The Hall–Kier alpha value is -1.62. The van der Waals surface area contributed by atoms with Gasteiger partial charge in [-0.25, -0.2) is 9.78 Å². The molecule has 1 aromatic rings. The van der Waals surface area contributed by atoms with E-state index in [4.69, 9.17) is 10.5 Å². The molecule has 0 aromatic carbocycles. The van der Waals surface area contributed by atoms with Crippen molar-refractivity contribution in [3.8, 4) is 0 Å². The first-order valence-electron chi connectivity index (χ1n) is 7.35. The van der Waals surface area contributed by atoms with Crippen LogP contribution < -0.4 is 11.1 Å². The normalized spacial score (nSPS) is 22.3. The van der Waals surface area contributed by atoms with Crippen molar-refractivity contribution in [2.75, 3.05) is 18.5 Å². The van der Waals surface area contributed by atoms with Crippen molar-refractivity contribution in [2.24, 2.45) is 11.7 Å². The number of carbonyl (C=O) groups is 1. The van der Waals surface area contributed by atoms with Gasteiger partial charge in [0.2, 0.25) is 0 Å². The van der Waals surface area contributed by atoms with Gasteiger partial charge in [0, 0.05) is 12.2 Å². The number of hydrogen-bond acceptors (Lipinski definition) is 5. The fourth-order valence-electron chi connectivity index (χ4n) is 2.75. The predicted octanol–water partition coefficient (Wildman–Crippen LogP) is 2.19. The number of anilines is 1. The number of esters is 1. The van der Waals surface area contributed by atoms with Crippen LogP contribution in [0.1, 0.15) is 43.0 Å². The topological polar surface area (TPSA) is 77.2 Å². The van der Waals surface area contributed by atoms with E-state index in [9.17, 15) is 4.79 Å². The molecule has 1 aliphatic rings. The SMILES string of the molecule is CCOC(=O)c1cccnc1NC1CCCCC1CN. The first-order chi connectivity index (χ1) is 9.76. The number of aromatic nitrogens is 1. The first kappa shape index (κ1) is 14.8. The summed E-state index contributed by atoms with van der Waals surface area (Å²) in [6, 6.07) is 3.78. The molecule has 3 N–H and O–H groups in total. The molecule has 1 saturated carbocycles. The van der Waals surface area contributed by atoms with Crippen LogP contribution >= 0.6 is 0 Å². The highest BCUT2D eigenvalue weighted by atomic mass is 16.5. The van der Waals surface area contributed by atoms with Crippen molar-refractivity contribution >= 4 is 11.8 Å². The number of ether oxygens (including phenoxy) is 1. The molecule has 0 spiro atoms. The third-order valence-electron chi connectivity index (χ3n) is 3.84. The number of hydrogen-bond donors (Lipinski definition) is 2. The molecular formula is C15H23N3O2. The average molecular weight is 277 g/mol. The summed E-state index contributed by atoms with van der Waals surface area (Å²) in [5, 5.41) is 3.40. The van der Waals surface area contributed by atoms with E-state index in [2.05, 4.69) is 10.3 Å². The summed E-state index contributed by atoms with van der Waals surface area (Å²) in [7, 11) is 0. The number of rotatable bonds is 5. The second-order valence-electron chi connectivity index (χ2n) is 5.15. The van der Waals surface area contributed by atoms with E-state index in [1.807, 2.05) is 0 Å². The molecule has 0 radical (unpaired) electrons. The number of nitrogens with two attached hydrogens (primary N) is 1. The van der Waals surface area contributed by atoms with Crippen LogP contribution in [0.3, 0.4) is 0 Å². The number of nitrogens with zero attached hydrogens (tertiary/aromatic N) is 1. The van der Waals surface area contributed by atoms with Gasteiger partial charge >= 0.3 is 5.97 Å². The summed E-state index contributed by atoms with van der Waals surface area (Å²) in [6.07, 6.45) is 6.31. The third-order valence-corrected chi connectivity index (χ3v) is 3.84. The lowest BCUT2D eigenvalue weighted by Gasteiger charge is -2.32. The molecule has 2 rings (SSSR count). The van der Waals surface area contributed by atoms with Crippen LogP contribution in [0.2, 0.25) is 0 Å². The lowest BCUT2D eigenvalue weighted by Crippen LogP contribution is -2.37. The Morgan fingerprint density at radius 1 is 1.50 bits per heavy atom. The van der Waals surface area contributed by atoms with Crippen LogP contribution in [-0.2, 0) is 4.74 Å². The molecule has 1 aliphatic carbocycles. The molecule has 20 heavy (non-hydrogen) atoms. The van der Waals surface area contributed by atoms with E-state index < -0.39 is 0 Å². The quantitative estimate of drug-likeness (QED) is 0.807. The maximum Gasteiger partial charge on any atom is 0.341 e. The smallest absolute Gasteiger partial charge is 0.341 e. The zero-order chi connectivity index (χ0) is 14.4. The van der Waals surface area contributed by atoms with Gasteiger partial charge in [-0.1, -0.05) is 12.8 Å². The molecule has 0 amide bonds. The van der Waals surface area contributed by atoms with E-state index >= 15 is 0 Å². The molecule has 0 saturated heterocycles. The van der Waals surface area contributed by atoms with Crippen molar-refractivity contribution in [2.45, 2.75) is 38.6 Å². The second-order valence-corrected chi connectivity index (χ2v) is 5.15. The van der Waals surface area contributed by atoms with Gasteiger partial charge in [0.05, 0.1) is 6.61 Å². The second kappa shape index (κ2) is 7.24. The molecule has 2 unspecified atom stereocenters. The fourth-order valence-corrected chi connectivity index (χ4v) is 2.75. The molecule has 2 atom stereocenters. The summed E-state index contributed by atoms with van der Waals surface area (Å²) in [5.74, 6) is 0.723. The Labute approximate surface area is 119 Å². The van der Waals surface area contributed by atoms with Crippen molar-refractivity contribution in [1.82, 2.24) is 4.98 Å². The molecule has 5 nitrogen and oxygen atoms in total. The first-order valence-corrected chi connectivity index (χ1v) is 7.35. The molecule has 0 bridgehead atoms. The standard InChI is InChI=1S/C15H23N3O2/c1-2-20-15(19)12-7-5-9-17-14(12)18-13-8-4-3-6-11(13)10-16/h5,7,9,11,13H,2-4,6,8,10,16H2,1H3,(H,17,18). The molecule has 0 aliphatic heterocycles. The van der Waals surface area contributed by atoms with Crippen molar-refractivity contribution in [1.29, 1.82) is 0 Å². The monoisotopic (exact) mass is 277 g/mol. The highest BCUT2D eigenvalue weighted by molar-refractivity contribution is 5.94. The van der Waals surface area contributed by atoms with Gasteiger partial charge in [0.25, 0.3) is 0 Å². The Bertz CT molecular complexity index is 450. The van der Waals surface area contributed by atoms with Crippen LogP contribution in [0.5, 0.6) is 0 Å². The van der Waals surface area contributed by atoms with Gasteiger partial charge < -0.3 is 15.8 Å². The summed E-state index contributed by atoms with van der Waals surface area (Å²) < 4.78 is 5.07. The maximum absolute atomic E-state index is 11.9. The molecule has 110 valence electrons. The van der Waals surface area contributed by atoms with Crippen LogP contribution in [0, 0.1) is 5.92 Å². The lowest BCUT2D eigenvalue weighted by molar-refractivity contribution is 0.0527. The highest BCUT2D eigenvalue weighted by Crippen LogP contribution is 2.27. The predicted molar refractivity (Wildman–Crippen MR) is 78.6 cm³/mol. The van der Waals surface area contributed by atoms with Crippen molar-refractivity contribution < 1.29 is 9.53 Å². The van der Waals surface area contributed by atoms with Crippen LogP contribution in [0.4, 0.5) is 5.82 Å². The van der Waals surface area contributed by atoms with Crippen LogP contribution in [-0.4, -0.2) is 30.1 Å². The van der Waals surface area contributed by atoms with Crippen molar-refractivity contribution in [3.63, 3.8) is 0 Å². The van der Waals surface area contributed by atoms with E-state index in [-0.39, 0.29) is 12.0 Å². The Morgan fingerprint density at radius 2 is 2.30 bits per heavy atom. The van der Waals surface area contributed by atoms with E-state index in [0.29, 0.717) is 30.5 Å². The van der Waals surface area contributed by atoms with Gasteiger partial charge in [0.15, 0.2) is 0 Å². The molecule has 1 fully saturated rings. The van der Waals surface area contributed by atoms with Gasteiger partial charge in [-0.15, -0.1) is 0 Å².